The largest absolute Gasteiger partial charge is 0.490 e. The Bertz CT molecular complexity index is 1180. The number of hydrogen-bond acceptors (Lipinski definition) is 3. The van der Waals surface area contributed by atoms with Crippen LogP contribution >= 0.6 is 0 Å². The maximum absolute atomic E-state index is 13.7. The summed E-state index contributed by atoms with van der Waals surface area (Å²) in [5.74, 6) is -4.07. The summed E-state index contributed by atoms with van der Waals surface area (Å²) >= 11 is 0. The molecule has 13 heteroatoms. The van der Waals surface area contributed by atoms with E-state index in [4.69, 9.17) is 9.90 Å². The Morgan fingerprint density at radius 2 is 1.76 bits per heavy atom. The second-order valence-electron chi connectivity index (χ2n) is 7.73. The number of halogens is 8. The molecule has 2 aromatic heterocycles. The third-order valence-electron chi connectivity index (χ3n) is 5.19. The van der Waals surface area contributed by atoms with Crippen LogP contribution in [0.5, 0.6) is 0 Å². The van der Waals surface area contributed by atoms with Gasteiger partial charge in [-0.1, -0.05) is 0 Å². The fourth-order valence-corrected chi connectivity index (χ4v) is 3.32. The number of alkyl halides is 6. The van der Waals surface area contributed by atoms with Crippen molar-refractivity contribution in [1.82, 2.24) is 14.7 Å². The first-order valence-corrected chi connectivity index (χ1v) is 9.72. The van der Waals surface area contributed by atoms with Crippen molar-refractivity contribution in [3.05, 3.63) is 71.2 Å². The number of nitrogens with one attached hydrogen (secondary N) is 1. The van der Waals surface area contributed by atoms with Gasteiger partial charge in [0.25, 0.3) is 0 Å². The van der Waals surface area contributed by atoms with Crippen LogP contribution in [-0.2, 0) is 22.9 Å². The maximum atomic E-state index is 13.7. The van der Waals surface area contributed by atoms with Crippen molar-refractivity contribution in [1.29, 1.82) is 0 Å². The lowest BCUT2D eigenvalue weighted by atomic mass is 9.94. The number of carbonyl (C=O) groups is 1. The molecule has 1 aliphatic rings. The fourth-order valence-electron chi connectivity index (χ4n) is 3.32. The Hall–Kier alpha value is -3.22. The molecule has 0 spiro atoms. The zero-order valence-electron chi connectivity index (χ0n) is 17.1. The second kappa shape index (κ2) is 9.20. The molecule has 1 fully saturated rings. The van der Waals surface area contributed by atoms with E-state index in [9.17, 15) is 35.1 Å². The number of imidazole rings is 1. The van der Waals surface area contributed by atoms with E-state index < -0.39 is 40.9 Å². The molecule has 0 saturated heterocycles. The molecule has 0 amide bonds. The summed E-state index contributed by atoms with van der Waals surface area (Å²) in [5.41, 5.74) is -0.295. The summed E-state index contributed by atoms with van der Waals surface area (Å²) in [6.45, 7) is 0.731. The topological polar surface area (TPSA) is 66.6 Å². The van der Waals surface area contributed by atoms with Gasteiger partial charge in [0, 0.05) is 30.9 Å². The Labute approximate surface area is 187 Å². The lowest BCUT2D eigenvalue weighted by Gasteiger charge is -2.18. The molecule has 0 aliphatic heterocycles. The minimum Gasteiger partial charge on any atom is -0.475 e. The van der Waals surface area contributed by atoms with Crippen LogP contribution in [0.2, 0.25) is 0 Å². The van der Waals surface area contributed by atoms with Crippen LogP contribution in [0.1, 0.15) is 29.7 Å². The minimum absolute atomic E-state index is 0.218. The third kappa shape index (κ3) is 6.01. The van der Waals surface area contributed by atoms with Gasteiger partial charge in [-0.05, 0) is 48.7 Å². The SMILES string of the molecule is Fc1cc(C(F)(F)F)cc(C2(CNCc3cn4cccc(F)c4n3)CC2)c1.O=C(O)C(F)(F)F. The average molecular weight is 495 g/mol. The monoisotopic (exact) mass is 495 g/mol. The molecule has 1 saturated carbocycles. The van der Waals surface area contributed by atoms with Crippen LogP contribution < -0.4 is 5.32 Å². The van der Waals surface area contributed by atoms with Gasteiger partial charge in [-0.25, -0.2) is 18.6 Å². The third-order valence-corrected chi connectivity index (χ3v) is 5.19. The first kappa shape index (κ1) is 25.4. The van der Waals surface area contributed by atoms with E-state index in [0.717, 1.165) is 6.07 Å². The highest BCUT2D eigenvalue weighted by molar-refractivity contribution is 5.73. The highest BCUT2D eigenvalue weighted by atomic mass is 19.4. The molecule has 0 atom stereocenters. The van der Waals surface area contributed by atoms with E-state index in [0.29, 0.717) is 43.3 Å². The molecule has 4 rings (SSSR count). The van der Waals surface area contributed by atoms with Crippen LogP contribution in [0.15, 0.2) is 42.7 Å². The van der Waals surface area contributed by atoms with E-state index in [2.05, 4.69) is 10.3 Å². The second-order valence-corrected chi connectivity index (χ2v) is 7.73. The number of pyridine rings is 1. The smallest absolute Gasteiger partial charge is 0.475 e. The number of carboxylic acids is 1. The first-order chi connectivity index (χ1) is 15.7. The number of aliphatic carboxylic acids is 1. The Kier molecular flexibility index (Phi) is 6.87. The predicted molar refractivity (Wildman–Crippen MR) is 103 cm³/mol. The highest BCUT2D eigenvalue weighted by Gasteiger charge is 2.45. The van der Waals surface area contributed by atoms with Crippen LogP contribution in [0.25, 0.3) is 5.65 Å². The zero-order chi connectivity index (χ0) is 25.3. The van der Waals surface area contributed by atoms with Gasteiger partial charge in [-0.3, -0.25) is 0 Å². The average Bonchev–Trinajstić information content (AvgIpc) is 3.38. The molecule has 2 N–H and O–H groups in total. The van der Waals surface area contributed by atoms with Crippen molar-refractivity contribution in [3.8, 4) is 0 Å². The van der Waals surface area contributed by atoms with Crippen molar-refractivity contribution >= 4 is 11.6 Å². The van der Waals surface area contributed by atoms with Gasteiger partial charge in [-0.15, -0.1) is 0 Å². The summed E-state index contributed by atoms with van der Waals surface area (Å²) in [6.07, 6.45) is -4.93. The van der Waals surface area contributed by atoms with Gasteiger partial charge in [0.05, 0.1) is 11.3 Å². The molecule has 0 radical (unpaired) electrons. The summed E-state index contributed by atoms with van der Waals surface area (Å²) in [5, 5.41) is 10.3. The molecular weight excluding hydrogens is 478 g/mol. The van der Waals surface area contributed by atoms with Crippen molar-refractivity contribution in [2.75, 3.05) is 6.54 Å². The van der Waals surface area contributed by atoms with Crippen LogP contribution in [-0.4, -0.2) is 33.2 Å². The number of fused-ring (bicyclic) bond motifs is 1. The number of benzene rings is 1. The van der Waals surface area contributed by atoms with Crippen LogP contribution in [0.3, 0.4) is 0 Å². The molecular formula is C21H17F8N3O2. The number of hydrogen-bond donors (Lipinski definition) is 2. The van der Waals surface area contributed by atoms with Crippen LogP contribution in [0.4, 0.5) is 35.1 Å². The van der Waals surface area contributed by atoms with Crippen molar-refractivity contribution in [2.45, 2.75) is 37.2 Å². The fraction of sp³-hybridized carbons (Fsp3) is 0.333. The normalized spacial score (nSPS) is 15.1. The Balaban J connectivity index is 0.000000406. The highest BCUT2D eigenvalue weighted by Crippen LogP contribution is 2.49. The van der Waals surface area contributed by atoms with Gasteiger partial charge < -0.3 is 14.8 Å². The maximum Gasteiger partial charge on any atom is 0.490 e. The summed E-state index contributed by atoms with van der Waals surface area (Å²) in [6, 6.07) is 5.60. The van der Waals surface area contributed by atoms with E-state index >= 15 is 0 Å². The number of nitrogens with zero attached hydrogens (tertiary/aromatic N) is 2. The molecule has 184 valence electrons. The molecule has 0 unspecified atom stereocenters. The van der Waals surface area contributed by atoms with Crippen molar-refractivity contribution in [3.63, 3.8) is 0 Å². The molecule has 1 aliphatic carbocycles. The zero-order valence-corrected chi connectivity index (χ0v) is 17.1. The first-order valence-electron chi connectivity index (χ1n) is 9.72. The standard InChI is InChI=1S/C19H16F5N3.C2HF3O2/c20-14-7-12(6-13(8-14)19(22,23)24)18(3-4-18)11-25-9-15-10-27-5-1-2-16(21)17(27)26-15;3-2(4,5)1(6)7/h1-2,5-8,10,25H,3-4,9,11H2;(H,6,7). The Morgan fingerprint density at radius 3 is 2.29 bits per heavy atom. The number of aromatic nitrogens is 2. The van der Waals surface area contributed by atoms with Crippen molar-refractivity contribution < 1.29 is 45.0 Å². The molecule has 3 aromatic rings. The molecule has 34 heavy (non-hydrogen) atoms. The van der Waals surface area contributed by atoms with Crippen LogP contribution in [0, 0.1) is 11.6 Å². The number of carboxylic acid groups (broad SMARTS) is 1. The van der Waals surface area contributed by atoms with Gasteiger partial charge in [-0.2, -0.15) is 26.3 Å². The van der Waals surface area contributed by atoms with Gasteiger partial charge in [0.2, 0.25) is 0 Å². The van der Waals surface area contributed by atoms with E-state index in [1.165, 1.54) is 12.1 Å². The van der Waals surface area contributed by atoms with Gasteiger partial charge in [0.1, 0.15) is 5.82 Å². The predicted octanol–water partition coefficient (Wildman–Crippen LogP) is 5.09. The van der Waals surface area contributed by atoms with Crippen molar-refractivity contribution in [2.24, 2.45) is 0 Å². The van der Waals surface area contributed by atoms with E-state index in [1.807, 2.05) is 0 Å². The molecule has 2 heterocycles. The lowest BCUT2D eigenvalue weighted by Crippen LogP contribution is -2.27. The number of rotatable bonds is 5. The molecule has 0 bridgehead atoms. The van der Waals surface area contributed by atoms with Gasteiger partial charge in [0.15, 0.2) is 11.5 Å². The van der Waals surface area contributed by atoms with Gasteiger partial charge >= 0.3 is 18.3 Å². The summed E-state index contributed by atoms with van der Waals surface area (Å²) < 4.78 is 99.5. The minimum atomic E-state index is -5.08. The van der Waals surface area contributed by atoms with E-state index in [1.54, 1.807) is 22.9 Å². The summed E-state index contributed by atoms with van der Waals surface area (Å²) in [7, 11) is 0. The summed E-state index contributed by atoms with van der Waals surface area (Å²) in [4.78, 5) is 13.1. The lowest BCUT2D eigenvalue weighted by molar-refractivity contribution is -0.192. The molecule has 5 nitrogen and oxygen atoms in total. The quantitative estimate of drug-likeness (QED) is 0.485. The van der Waals surface area contributed by atoms with E-state index in [-0.39, 0.29) is 5.65 Å². The Morgan fingerprint density at radius 1 is 1.12 bits per heavy atom. The molecule has 1 aromatic carbocycles.